The molecule has 7 nitrogen and oxygen atoms in total. The van der Waals surface area contributed by atoms with E-state index < -0.39 is 11.2 Å². The maximum atomic E-state index is 11.3. The van der Waals surface area contributed by atoms with Crippen molar-refractivity contribution in [2.24, 2.45) is 5.10 Å². The number of fused-ring (bicyclic) bond motifs is 3. The molecule has 0 fully saturated rings. The molecule has 0 aliphatic carbocycles. The molecule has 2 atom stereocenters. The van der Waals surface area contributed by atoms with Crippen molar-refractivity contribution in [2.75, 3.05) is 7.11 Å². The maximum Gasteiger partial charge on any atom is 0.269 e. The van der Waals surface area contributed by atoms with Gasteiger partial charge in [0, 0.05) is 40.3 Å². The van der Waals surface area contributed by atoms with Crippen LogP contribution in [-0.2, 0) is 0 Å². The topological polar surface area (TPSA) is 77.2 Å². The second-order valence-corrected chi connectivity index (χ2v) is 7.82. The lowest BCUT2D eigenvalue weighted by Crippen LogP contribution is -2.33. The normalized spacial score (nSPS) is 19.2. The van der Waals surface area contributed by atoms with Crippen molar-refractivity contribution in [1.29, 1.82) is 0 Å². The van der Waals surface area contributed by atoms with Crippen LogP contribution in [0, 0.1) is 10.1 Å². The van der Waals surface area contributed by atoms with E-state index in [1.165, 1.54) is 12.1 Å². The van der Waals surface area contributed by atoms with Crippen LogP contribution in [0.5, 0.6) is 11.5 Å². The van der Waals surface area contributed by atoms with E-state index >= 15 is 0 Å². The summed E-state index contributed by atoms with van der Waals surface area (Å²) in [6, 6.07) is 19.6. The third kappa shape index (κ3) is 3.47. The number of nitrogens with zero attached hydrogens (tertiary/aromatic N) is 3. The number of non-ortho nitro benzene ring substituents is 1. The van der Waals surface area contributed by atoms with E-state index in [-0.39, 0.29) is 11.7 Å². The lowest BCUT2D eigenvalue weighted by Gasteiger charge is -2.38. The smallest absolute Gasteiger partial charge is 0.269 e. The number of nitro benzene ring substituents is 1. The molecule has 0 saturated heterocycles. The van der Waals surface area contributed by atoms with Gasteiger partial charge in [-0.2, -0.15) is 5.10 Å². The molecule has 5 rings (SSSR count). The van der Waals surface area contributed by atoms with Crippen LogP contribution in [0.3, 0.4) is 0 Å². The Morgan fingerprint density at radius 1 is 1.16 bits per heavy atom. The minimum Gasteiger partial charge on any atom is -0.497 e. The average molecular weight is 436 g/mol. The number of hydrazone groups is 1. The molecule has 2 aliphatic heterocycles. The number of hydrogen-bond donors (Lipinski definition) is 0. The van der Waals surface area contributed by atoms with Gasteiger partial charge in [0.2, 0.25) is 6.23 Å². The lowest BCUT2D eigenvalue weighted by molar-refractivity contribution is -0.385. The Labute approximate surface area is 183 Å². The zero-order chi connectivity index (χ0) is 21.5. The van der Waals surface area contributed by atoms with Crippen molar-refractivity contribution in [3.8, 4) is 11.5 Å². The highest BCUT2D eigenvalue weighted by molar-refractivity contribution is 6.30. The Morgan fingerprint density at radius 2 is 2.00 bits per heavy atom. The second-order valence-electron chi connectivity index (χ2n) is 7.38. The predicted octanol–water partition coefficient (Wildman–Crippen LogP) is 5.50. The van der Waals surface area contributed by atoms with Crippen molar-refractivity contribution >= 4 is 23.0 Å². The monoisotopic (exact) mass is 435 g/mol. The van der Waals surface area contributed by atoms with Crippen molar-refractivity contribution in [1.82, 2.24) is 5.01 Å². The molecule has 2 heterocycles. The molecule has 3 aromatic carbocycles. The van der Waals surface area contributed by atoms with E-state index in [0.29, 0.717) is 22.8 Å². The summed E-state index contributed by atoms with van der Waals surface area (Å²) in [5, 5.41) is 18.7. The molecule has 0 amide bonds. The van der Waals surface area contributed by atoms with Gasteiger partial charge in [0.25, 0.3) is 5.69 Å². The summed E-state index contributed by atoms with van der Waals surface area (Å²) in [6.45, 7) is 0. The summed E-state index contributed by atoms with van der Waals surface area (Å²) < 4.78 is 11.6. The van der Waals surface area contributed by atoms with Gasteiger partial charge in [0.15, 0.2) is 0 Å². The van der Waals surface area contributed by atoms with Gasteiger partial charge in [-0.3, -0.25) is 10.1 Å². The second kappa shape index (κ2) is 7.59. The van der Waals surface area contributed by atoms with E-state index in [1.807, 2.05) is 47.5 Å². The summed E-state index contributed by atoms with van der Waals surface area (Å²) in [7, 11) is 1.63. The molecule has 0 spiro atoms. The number of methoxy groups -OCH3 is 1. The van der Waals surface area contributed by atoms with E-state index in [1.54, 1.807) is 19.2 Å². The SMILES string of the molecule is COc1cccc(C2=NN3[C@H](C2)c2cc(Cl)ccc2O[C@H]3c2cccc([N+](=O)[O-])c2)c1. The minimum absolute atomic E-state index is 0.00995. The molecule has 156 valence electrons. The van der Waals surface area contributed by atoms with Crippen molar-refractivity contribution in [2.45, 2.75) is 18.7 Å². The van der Waals surface area contributed by atoms with Gasteiger partial charge in [0.1, 0.15) is 11.5 Å². The molecule has 8 heteroatoms. The highest BCUT2D eigenvalue weighted by Crippen LogP contribution is 2.48. The van der Waals surface area contributed by atoms with Crippen molar-refractivity contribution < 1.29 is 14.4 Å². The van der Waals surface area contributed by atoms with E-state index in [9.17, 15) is 10.1 Å². The number of benzene rings is 3. The average Bonchev–Trinajstić information content (AvgIpc) is 3.24. The fraction of sp³-hybridized carbons (Fsp3) is 0.174. The standard InChI is InChI=1S/C23H18ClN3O4/c1-30-18-7-3-4-14(11-18)20-13-21-19-12-16(24)8-9-22(19)31-23(26(21)25-20)15-5-2-6-17(10-15)27(28)29/h2-12,21,23H,13H2,1H3/t21-,23+/m1/s1. The summed E-state index contributed by atoms with van der Waals surface area (Å²) >= 11 is 6.27. The van der Waals surface area contributed by atoms with Crippen LogP contribution in [0.4, 0.5) is 5.69 Å². The zero-order valence-corrected chi connectivity index (χ0v) is 17.3. The fourth-order valence-electron chi connectivity index (χ4n) is 4.05. The van der Waals surface area contributed by atoms with Crippen LogP contribution in [0.2, 0.25) is 5.02 Å². The Kier molecular flexibility index (Phi) is 4.75. The van der Waals surface area contributed by atoms with Crippen molar-refractivity contribution in [3.63, 3.8) is 0 Å². The highest BCUT2D eigenvalue weighted by Gasteiger charge is 2.41. The minimum atomic E-state index is -0.596. The third-order valence-corrected chi connectivity index (χ3v) is 5.76. The molecule has 0 aromatic heterocycles. The first kappa shape index (κ1) is 19.4. The predicted molar refractivity (Wildman–Crippen MR) is 117 cm³/mol. The zero-order valence-electron chi connectivity index (χ0n) is 16.6. The molecule has 0 saturated carbocycles. The summed E-state index contributed by atoms with van der Waals surface area (Å²) in [6.07, 6.45) is 0.0524. The Morgan fingerprint density at radius 3 is 2.81 bits per heavy atom. The van der Waals surface area contributed by atoms with Crippen LogP contribution in [-0.4, -0.2) is 22.8 Å². The molecular formula is C23H18ClN3O4. The molecule has 0 N–H and O–H groups in total. The van der Waals surface area contributed by atoms with Crippen LogP contribution in [0.1, 0.15) is 35.4 Å². The summed E-state index contributed by atoms with van der Waals surface area (Å²) in [5.74, 6) is 1.45. The summed E-state index contributed by atoms with van der Waals surface area (Å²) in [5.41, 5.74) is 3.45. The lowest BCUT2D eigenvalue weighted by atomic mass is 9.96. The van der Waals surface area contributed by atoms with Crippen LogP contribution < -0.4 is 9.47 Å². The molecule has 3 aromatic rings. The van der Waals surface area contributed by atoms with E-state index in [0.717, 1.165) is 22.6 Å². The Hall–Kier alpha value is -3.58. The highest BCUT2D eigenvalue weighted by atomic mass is 35.5. The van der Waals surface area contributed by atoms with Gasteiger partial charge in [-0.1, -0.05) is 35.9 Å². The molecule has 0 bridgehead atoms. The maximum absolute atomic E-state index is 11.3. The molecule has 0 radical (unpaired) electrons. The molecule has 2 aliphatic rings. The summed E-state index contributed by atoms with van der Waals surface area (Å²) in [4.78, 5) is 10.9. The van der Waals surface area contributed by atoms with Crippen LogP contribution in [0.25, 0.3) is 0 Å². The van der Waals surface area contributed by atoms with Crippen molar-refractivity contribution in [3.05, 3.63) is 98.6 Å². The van der Waals surface area contributed by atoms with Crippen LogP contribution in [0.15, 0.2) is 71.8 Å². The number of hydrogen-bond acceptors (Lipinski definition) is 6. The van der Waals surface area contributed by atoms with E-state index in [4.69, 9.17) is 26.2 Å². The van der Waals surface area contributed by atoms with E-state index in [2.05, 4.69) is 0 Å². The number of ether oxygens (including phenoxy) is 2. The van der Waals surface area contributed by atoms with Gasteiger partial charge < -0.3 is 9.47 Å². The van der Waals surface area contributed by atoms with Gasteiger partial charge in [-0.05, 0) is 30.3 Å². The van der Waals surface area contributed by atoms with Crippen LogP contribution >= 0.6 is 11.6 Å². The Balaban J connectivity index is 1.60. The molecular weight excluding hydrogens is 418 g/mol. The molecule has 31 heavy (non-hydrogen) atoms. The quantitative estimate of drug-likeness (QED) is 0.399. The first-order valence-electron chi connectivity index (χ1n) is 9.74. The number of halogens is 1. The first-order valence-corrected chi connectivity index (χ1v) is 10.1. The van der Waals surface area contributed by atoms with Gasteiger partial charge in [-0.25, -0.2) is 5.01 Å². The van der Waals surface area contributed by atoms with Gasteiger partial charge >= 0.3 is 0 Å². The number of nitro groups is 1. The largest absolute Gasteiger partial charge is 0.497 e. The van der Waals surface area contributed by atoms with Gasteiger partial charge in [0.05, 0.1) is 23.8 Å². The molecule has 0 unspecified atom stereocenters. The third-order valence-electron chi connectivity index (χ3n) is 5.52. The van der Waals surface area contributed by atoms with Gasteiger partial charge in [-0.15, -0.1) is 0 Å². The Bertz CT molecular complexity index is 1210. The fourth-order valence-corrected chi connectivity index (χ4v) is 4.23. The first-order chi connectivity index (χ1) is 15.0. The number of rotatable bonds is 4.